The number of fused-ring (bicyclic) bond motifs is 1. The van der Waals surface area contributed by atoms with E-state index in [2.05, 4.69) is 5.32 Å². The maximum absolute atomic E-state index is 12.6. The van der Waals surface area contributed by atoms with Gasteiger partial charge in [0.15, 0.2) is 0 Å². The number of carbonyl (C=O) groups excluding carboxylic acids is 1. The van der Waals surface area contributed by atoms with E-state index in [0.29, 0.717) is 29.9 Å². The Balaban J connectivity index is 1.59. The van der Waals surface area contributed by atoms with Crippen LogP contribution in [0.2, 0.25) is 0 Å². The summed E-state index contributed by atoms with van der Waals surface area (Å²) in [6.07, 6.45) is 0.607. The molecule has 0 spiro atoms. The lowest BCUT2D eigenvalue weighted by Gasteiger charge is -2.17. The van der Waals surface area contributed by atoms with Crippen molar-refractivity contribution in [2.45, 2.75) is 6.42 Å². The van der Waals surface area contributed by atoms with E-state index in [-0.39, 0.29) is 11.7 Å². The van der Waals surface area contributed by atoms with Crippen LogP contribution in [0, 0.1) is 0 Å². The lowest BCUT2D eigenvalue weighted by atomic mass is 10.1. The standard InChI is InChI=1S/C20H18N2O3S/c23-20(21-18-10-9-15-5-1-2-6-16(15)13-18)17-7-3-8-19(14-17)22-11-4-12-26(22,24)25/h1-3,5-10,13-14H,4,11-12H2,(H,21,23). The largest absolute Gasteiger partial charge is 0.322 e. The molecule has 0 aliphatic carbocycles. The van der Waals surface area contributed by atoms with Crippen molar-refractivity contribution in [1.82, 2.24) is 0 Å². The minimum atomic E-state index is -3.26. The minimum Gasteiger partial charge on any atom is -0.322 e. The number of carbonyl (C=O) groups is 1. The van der Waals surface area contributed by atoms with Crippen LogP contribution in [-0.4, -0.2) is 26.6 Å². The number of anilines is 2. The average molecular weight is 366 g/mol. The second kappa shape index (κ2) is 6.46. The molecule has 3 aromatic rings. The van der Waals surface area contributed by atoms with E-state index in [4.69, 9.17) is 0 Å². The predicted molar refractivity (Wildman–Crippen MR) is 104 cm³/mol. The predicted octanol–water partition coefficient (Wildman–Crippen LogP) is 3.63. The average Bonchev–Trinajstić information content (AvgIpc) is 3.01. The topological polar surface area (TPSA) is 66.5 Å². The van der Waals surface area contributed by atoms with Gasteiger partial charge in [0.1, 0.15) is 0 Å². The first kappa shape index (κ1) is 16.6. The van der Waals surface area contributed by atoms with Crippen LogP contribution in [-0.2, 0) is 10.0 Å². The molecule has 1 aliphatic rings. The third-order valence-corrected chi connectivity index (χ3v) is 6.37. The molecule has 1 N–H and O–H groups in total. The number of hydrogen-bond acceptors (Lipinski definition) is 3. The molecule has 0 unspecified atom stereocenters. The zero-order valence-electron chi connectivity index (χ0n) is 14.1. The molecule has 132 valence electrons. The highest BCUT2D eigenvalue weighted by Gasteiger charge is 2.28. The summed E-state index contributed by atoms with van der Waals surface area (Å²) in [6, 6.07) is 20.4. The lowest BCUT2D eigenvalue weighted by Crippen LogP contribution is -2.25. The third-order valence-electron chi connectivity index (χ3n) is 4.50. The van der Waals surface area contributed by atoms with Crippen molar-refractivity contribution in [3.63, 3.8) is 0 Å². The van der Waals surface area contributed by atoms with Crippen molar-refractivity contribution < 1.29 is 13.2 Å². The quantitative estimate of drug-likeness (QED) is 0.770. The molecular weight excluding hydrogens is 348 g/mol. The van der Waals surface area contributed by atoms with Gasteiger partial charge in [0, 0.05) is 17.8 Å². The summed E-state index contributed by atoms with van der Waals surface area (Å²) < 4.78 is 25.5. The Kier molecular flexibility index (Phi) is 4.12. The van der Waals surface area contributed by atoms with Gasteiger partial charge in [-0.2, -0.15) is 0 Å². The highest BCUT2D eigenvalue weighted by Crippen LogP contribution is 2.25. The van der Waals surface area contributed by atoms with Crippen LogP contribution in [0.5, 0.6) is 0 Å². The summed E-state index contributed by atoms with van der Waals surface area (Å²) in [5.41, 5.74) is 1.67. The summed E-state index contributed by atoms with van der Waals surface area (Å²) >= 11 is 0. The SMILES string of the molecule is O=C(Nc1ccc2ccccc2c1)c1cccc(N2CCCS2(=O)=O)c1. The zero-order chi connectivity index (χ0) is 18.1. The first-order valence-corrected chi connectivity index (χ1v) is 10.0. The molecule has 1 saturated heterocycles. The monoisotopic (exact) mass is 366 g/mol. The molecule has 0 saturated carbocycles. The molecule has 1 heterocycles. The summed E-state index contributed by atoms with van der Waals surface area (Å²) in [5.74, 6) is -0.112. The number of hydrogen-bond donors (Lipinski definition) is 1. The van der Waals surface area contributed by atoms with E-state index in [1.54, 1.807) is 24.3 Å². The van der Waals surface area contributed by atoms with Gasteiger partial charge in [-0.15, -0.1) is 0 Å². The molecule has 1 amide bonds. The van der Waals surface area contributed by atoms with Gasteiger partial charge in [0.05, 0.1) is 11.4 Å². The van der Waals surface area contributed by atoms with E-state index in [0.717, 1.165) is 10.8 Å². The van der Waals surface area contributed by atoms with Gasteiger partial charge in [0.2, 0.25) is 10.0 Å². The van der Waals surface area contributed by atoms with Crippen LogP contribution < -0.4 is 9.62 Å². The molecule has 5 nitrogen and oxygen atoms in total. The van der Waals surface area contributed by atoms with Crippen molar-refractivity contribution in [2.24, 2.45) is 0 Å². The highest BCUT2D eigenvalue weighted by atomic mass is 32.2. The van der Waals surface area contributed by atoms with E-state index in [1.165, 1.54) is 4.31 Å². The number of rotatable bonds is 3. The van der Waals surface area contributed by atoms with Crippen LogP contribution in [0.25, 0.3) is 10.8 Å². The van der Waals surface area contributed by atoms with Crippen molar-refractivity contribution in [2.75, 3.05) is 21.9 Å². The summed E-state index contributed by atoms with van der Waals surface area (Å²) in [4.78, 5) is 12.6. The van der Waals surface area contributed by atoms with E-state index < -0.39 is 10.0 Å². The Morgan fingerprint density at radius 1 is 0.923 bits per heavy atom. The van der Waals surface area contributed by atoms with Crippen molar-refractivity contribution in [3.05, 3.63) is 72.3 Å². The molecule has 26 heavy (non-hydrogen) atoms. The van der Waals surface area contributed by atoms with Gasteiger partial charge in [-0.05, 0) is 47.5 Å². The molecular formula is C20H18N2O3S. The zero-order valence-corrected chi connectivity index (χ0v) is 14.9. The van der Waals surface area contributed by atoms with Gasteiger partial charge in [-0.25, -0.2) is 8.42 Å². The molecule has 4 rings (SSSR count). The normalized spacial score (nSPS) is 15.9. The number of nitrogens with one attached hydrogen (secondary N) is 1. The second-order valence-electron chi connectivity index (χ2n) is 6.31. The van der Waals surface area contributed by atoms with Crippen LogP contribution in [0.15, 0.2) is 66.7 Å². The summed E-state index contributed by atoms with van der Waals surface area (Å²) in [6.45, 7) is 0.456. The molecule has 1 aliphatic heterocycles. The van der Waals surface area contributed by atoms with Gasteiger partial charge in [0.25, 0.3) is 5.91 Å². The lowest BCUT2D eigenvalue weighted by molar-refractivity contribution is 0.102. The van der Waals surface area contributed by atoms with Gasteiger partial charge in [-0.3, -0.25) is 9.10 Å². The molecule has 0 radical (unpaired) electrons. The number of amides is 1. The fraction of sp³-hybridized carbons (Fsp3) is 0.150. The summed E-state index contributed by atoms with van der Waals surface area (Å²) in [7, 11) is -3.26. The molecule has 0 aromatic heterocycles. The molecule has 0 atom stereocenters. The van der Waals surface area contributed by atoms with E-state index in [9.17, 15) is 13.2 Å². The van der Waals surface area contributed by atoms with Crippen molar-refractivity contribution in [3.8, 4) is 0 Å². The maximum atomic E-state index is 12.6. The molecule has 3 aromatic carbocycles. The Bertz CT molecular complexity index is 1090. The Morgan fingerprint density at radius 3 is 2.50 bits per heavy atom. The molecule has 1 fully saturated rings. The van der Waals surface area contributed by atoms with E-state index >= 15 is 0 Å². The first-order chi connectivity index (χ1) is 12.5. The van der Waals surface area contributed by atoms with Crippen LogP contribution in [0.1, 0.15) is 16.8 Å². The van der Waals surface area contributed by atoms with Crippen molar-refractivity contribution in [1.29, 1.82) is 0 Å². The Morgan fingerprint density at radius 2 is 1.73 bits per heavy atom. The fourth-order valence-corrected chi connectivity index (χ4v) is 4.76. The summed E-state index contributed by atoms with van der Waals surface area (Å²) in [5, 5.41) is 5.03. The molecule has 0 bridgehead atoms. The highest BCUT2D eigenvalue weighted by molar-refractivity contribution is 7.93. The second-order valence-corrected chi connectivity index (χ2v) is 8.32. The Labute approximate surface area is 152 Å². The van der Waals surface area contributed by atoms with Crippen LogP contribution in [0.4, 0.5) is 11.4 Å². The maximum Gasteiger partial charge on any atom is 0.255 e. The van der Waals surface area contributed by atoms with Crippen LogP contribution in [0.3, 0.4) is 0 Å². The van der Waals surface area contributed by atoms with Crippen LogP contribution >= 0.6 is 0 Å². The number of sulfonamides is 1. The number of benzene rings is 3. The van der Waals surface area contributed by atoms with Gasteiger partial charge in [-0.1, -0.05) is 36.4 Å². The minimum absolute atomic E-state index is 0.153. The first-order valence-electron chi connectivity index (χ1n) is 8.44. The Hall–Kier alpha value is -2.86. The fourth-order valence-electron chi connectivity index (χ4n) is 3.20. The van der Waals surface area contributed by atoms with Gasteiger partial charge >= 0.3 is 0 Å². The van der Waals surface area contributed by atoms with E-state index in [1.807, 2.05) is 42.5 Å². The molecule has 6 heteroatoms. The van der Waals surface area contributed by atoms with Crippen molar-refractivity contribution >= 4 is 38.1 Å². The van der Waals surface area contributed by atoms with Gasteiger partial charge < -0.3 is 5.32 Å². The third kappa shape index (κ3) is 3.15. The smallest absolute Gasteiger partial charge is 0.255 e. The number of nitrogens with zero attached hydrogens (tertiary/aromatic N) is 1.